The van der Waals surface area contributed by atoms with Gasteiger partial charge in [0.25, 0.3) is 5.91 Å². The van der Waals surface area contributed by atoms with E-state index in [0.29, 0.717) is 45.0 Å². The van der Waals surface area contributed by atoms with E-state index in [2.05, 4.69) is 28.2 Å². The Bertz CT molecular complexity index is 2110. The number of hydrogen-bond acceptors (Lipinski definition) is 11. The van der Waals surface area contributed by atoms with Crippen molar-refractivity contribution in [3.8, 4) is 22.6 Å². The van der Waals surface area contributed by atoms with E-state index in [1.165, 1.54) is 25.3 Å². The van der Waals surface area contributed by atoms with Crippen molar-refractivity contribution in [2.45, 2.75) is 104 Å². The molecular weight excluding hydrogens is 815 g/mol. The van der Waals surface area contributed by atoms with Gasteiger partial charge in [-0.2, -0.15) is 0 Å². The van der Waals surface area contributed by atoms with Gasteiger partial charge in [-0.1, -0.05) is 64.3 Å². The number of fused-ring (bicyclic) bond motifs is 5. The number of nitrogens with two attached hydrogens (primary N) is 3. The number of ether oxygens (including phenoxy) is 2. The zero-order chi connectivity index (χ0) is 46.9. The van der Waals surface area contributed by atoms with E-state index in [1.54, 1.807) is 36.4 Å². The number of hydrogen-bond donors (Lipinski definition) is 8. The Balaban J connectivity index is 1.80. The number of nitrogens with zero attached hydrogens (tertiary/aromatic N) is 1. The maximum atomic E-state index is 14.6. The van der Waals surface area contributed by atoms with Crippen molar-refractivity contribution in [1.82, 2.24) is 26.2 Å². The molecule has 1 aliphatic rings. The third kappa shape index (κ3) is 13.8. The first-order valence-corrected chi connectivity index (χ1v) is 22.4. The Hall–Kier alpha value is -5.84. The van der Waals surface area contributed by atoms with Crippen LogP contribution in [0, 0.1) is 18.3 Å². The molecule has 0 saturated heterocycles. The summed E-state index contributed by atoms with van der Waals surface area (Å²) >= 11 is 0. The first-order chi connectivity index (χ1) is 30.6. The van der Waals surface area contributed by atoms with Gasteiger partial charge in [0.15, 0.2) is 0 Å². The van der Waals surface area contributed by atoms with Gasteiger partial charge in [-0.15, -0.1) is 0 Å². The van der Waals surface area contributed by atoms with Gasteiger partial charge in [-0.3, -0.25) is 24.0 Å². The lowest BCUT2D eigenvalue weighted by molar-refractivity contribution is -0.141. The number of unbranched alkanes of at least 4 members (excludes halogenated alkanes) is 3. The van der Waals surface area contributed by atoms with Crippen molar-refractivity contribution < 1.29 is 33.4 Å². The highest BCUT2D eigenvalue weighted by molar-refractivity contribution is 6.00. The molecule has 4 bridgehead atoms. The lowest BCUT2D eigenvalue weighted by Gasteiger charge is -2.32. The number of carbonyl (C=O) groups is 5. The Morgan fingerprint density at radius 1 is 0.875 bits per heavy atom. The Labute approximate surface area is 377 Å². The average molecular weight is 884 g/mol. The van der Waals surface area contributed by atoms with Gasteiger partial charge in [0.2, 0.25) is 23.6 Å². The molecule has 16 heteroatoms. The summed E-state index contributed by atoms with van der Waals surface area (Å²) in [6, 6.07) is 11.3. The SMILES string of the molecule is CCCCCCc1ccc(C(=O)NC(CCN)C(=O)N(C)C2C(=O)NC(C)C(=O)NC(C(=O)NCC(=N)C(C)C)Cc3ccc(OCCN)c(c3)-c3cc2ccc3OCCN)c(C)c1. The minimum Gasteiger partial charge on any atom is -0.492 e. The number of benzene rings is 3. The molecule has 4 rings (SSSR count). The van der Waals surface area contributed by atoms with Gasteiger partial charge < -0.3 is 58.3 Å². The van der Waals surface area contributed by atoms with Crippen LogP contribution < -0.4 is 47.9 Å². The molecule has 4 unspecified atom stereocenters. The molecule has 0 radical (unpaired) electrons. The third-order valence-electron chi connectivity index (χ3n) is 11.3. The van der Waals surface area contributed by atoms with E-state index >= 15 is 0 Å². The fourth-order valence-corrected chi connectivity index (χ4v) is 7.52. The molecule has 1 aliphatic heterocycles. The zero-order valence-electron chi connectivity index (χ0n) is 38.3. The van der Waals surface area contributed by atoms with Gasteiger partial charge in [0.1, 0.15) is 48.9 Å². The van der Waals surface area contributed by atoms with E-state index in [0.717, 1.165) is 36.8 Å². The van der Waals surface area contributed by atoms with Crippen LogP contribution in [0.25, 0.3) is 11.1 Å². The fraction of sp³-hybridized carbons (Fsp3) is 0.500. The van der Waals surface area contributed by atoms with Crippen molar-refractivity contribution in [2.24, 2.45) is 23.1 Å². The molecule has 3 aromatic rings. The van der Waals surface area contributed by atoms with Crippen LogP contribution >= 0.6 is 0 Å². The Kier molecular flexibility index (Phi) is 19.7. The van der Waals surface area contributed by atoms with E-state index in [1.807, 2.05) is 39.0 Å². The monoisotopic (exact) mass is 884 g/mol. The molecule has 0 fully saturated rings. The van der Waals surface area contributed by atoms with E-state index in [9.17, 15) is 24.0 Å². The summed E-state index contributed by atoms with van der Waals surface area (Å²) in [5.41, 5.74) is 22.4. The number of likely N-dealkylation sites (N-methyl/N-ethyl adjacent to an activating group) is 1. The summed E-state index contributed by atoms with van der Waals surface area (Å²) in [5, 5.41) is 19.5. The van der Waals surface area contributed by atoms with Crippen LogP contribution in [-0.2, 0) is 32.0 Å². The predicted molar refractivity (Wildman–Crippen MR) is 249 cm³/mol. The summed E-state index contributed by atoms with van der Waals surface area (Å²) in [7, 11) is 1.46. The van der Waals surface area contributed by atoms with Crippen LogP contribution in [-0.4, -0.2) is 105 Å². The second kappa shape index (κ2) is 24.9. The largest absolute Gasteiger partial charge is 0.492 e. The summed E-state index contributed by atoms with van der Waals surface area (Å²) in [6.45, 7) is 10.0. The summed E-state index contributed by atoms with van der Waals surface area (Å²) < 4.78 is 12.3. The lowest BCUT2D eigenvalue weighted by atomic mass is 9.93. The number of amides is 5. The molecule has 1 heterocycles. The quantitative estimate of drug-likeness (QED) is 0.0571. The number of nitrogens with one attached hydrogen (secondary N) is 5. The normalized spacial score (nSPS) is 16.8. The minimum absolute atomic E-state index is 0.0142. The molecule has 0 aliphatic carbocycles. The maximum Gasteiger partial charge on any atom is 0.252 e. The molecule has 11 N–H and O–H groups in total. The van der Waals surface area contributed by atoms with Gasteiger partial charge in [-0.05, 0) is 98.2 Å². The van der Waals surface area contributed by atoms with E-state index < -0.39 is 53.7 Å². The zero-order valence-corrected chi connectivity index (χ0v) is 38.3. The highest BCUT2D eigenvalue weighted by Gasteiger charge is 2.36. The van der Waals surface area contributed by atoms with Crippen molar-refractivity contribution in [3.63, 3.8) is 0 Å². The number of aryl methyl sites for hydroxylation is 2. The first kappa shape index (κ1) is 50.8. The van der Waals surface area contributed by atoms with Crippen molar-refractivity contribution in [3.05, 3.63) is 82.4 Å². The summed E-state index contributed by atoms with van der Waals surface area (Å²) in [6.07, 6.45) is 5.53. The van der Waals surface area contributed by atoms with Crippen LogP contribution in [0.3, 0.4) is 0 Å². The highest BCUT2D eigenvalue weighted by Crippen LogP contribution is 2.40. The molecule has 5 amide bonds. The van der Waals surface area contributed by atoms with Crippen LogP contribution in [0.2, 0.25) is 0 Å². The van der Waals surface area contributed by atoms with Gasteiger partial charge >= 0.3 is 0 Å². The van der Waals surface area contributed by atoms with Crippen LogP contribution in [0.15, 0.2) is 54.6 Å². The fourth-order valence-electron chi connectivity index (χ4n) is 7.52. The number of carbonyl (C=O) groups excluding carboxylic acids is 5. The molecule has 0 aromatic heterocycles. The van der Waals surface area contributed by atoms with Crippen LogP contribution in [0.1, 0.15) is 98.5 Å². The smallest absolute Gasteiger partial charge is 0.252 e. The molecular formula is C48H69N9O7. The van der Waals surface area contributed by atoms with E-state index in [4.69, 9.17) is 32.1 Å². The second-order valence-electron chi connectivity index (χ2n) is 16.7. The highest BCUT2D eigenvalue weighted by atomic mass is 16.5. The Morgan fingerprint density at radius 3 is 2.17 bits per heavy atom. The van der Waals surface area contributed by atoms with Gasteiger partial charge in [0.05, 0.1) is 6.54 Å². The topological polar surface area (TPSA) is 257 Å². The second-order valence-corrected chi connectivity index (χ2v) is 16.7. The van der Waals surface area contributed by atoms with Gasteiger partial charge in [-0.25, -0.2) is 0 Å². The first-order valence-electron chi connectivity index (χ1n) is 22.4. The van der Waals surface area contributed by atoms with Crippen molar-refractivity contribution in [2.75, 3.05) is 46.4 Å². The third-order valence-corrected chi connectivity index (χ3v) is 11.3. The predicted octanol–water partition coefficient (Wildman–Crippen LogP) is 3.44. The summed E-state index contributed by atoms with van der Waals surface area (Å²) in [5.74, 6) is -2.20. The number of rotatable bonds is 21. The average Bonchev–Trinajstić information content (AvgIpc) is 3.27. The molecule has 64 heavy (non-hydrogen) atoms. The van der Waals surface area contributed by atoms with E-state index in [-0.39, 0.29) is 58.2 Å². The lowest BCUT2D eigenvalue weighted by Crippen LogP contribution is -2.56. The molecule has 3 aromatic carbocycles. The summed E-state index contributed by atoms with van der Waals surface area (Å²) in [4.78, 5) is 71.9. The molecule has 0 spiro atoms. The van der Waals surface area contributed by atoms with Crippen LogP contribution in [0.4, 0.5) is 0 Å². The minimum atomic E-state index is -1.35. The Morgan fingerprint density at radius 2 is 1.55 bits per heavy atom. The van der Waals surface area contributed by atoms with Crippen molar-refractivity contribution >= 4 is 35.2 Å². The van der Waals surface area contributed by atoms with Gasteiger partial charge in [0, 0.05) is 49.0 Å². The van der Waals surface area contributed by atoms with Crippen LogP contribution in [0.5, 0.6) is 11.5 Å². The standard InChI is InChI=1S/C48H69N9O7/c1-7-8-9-10-11-32-12-15-35(30(4)24-32)45(59)55-39(18-19-49)48(62)57(6)43-34-14-17-42(64-23-21-51)37(27-34)36-25-33(13-16-41(36)63-22-20-50)26-40(46(60)53-28-38(52)29(2)3)56-44(58)31(5)54-47(43)61/h12-17,24-25,27,29,31,39-40,43,52H,7-11,18-23,26,28,49-51H2,1-6H3,(H,53,60)(H,54,61)(H,55,59)(H,56,58). The molecule has 4 atom stereocenters. The molecule has 16 nitrogen and oxygen atoms in total. The molecule has 348 valence electrons. The molecule has 0 saturated carbocycles. The van der Waals surface area contributed by atoms with Crippen molar-refractivity contribution in [1.29, 1.82) is 5.41 Å². The maximum absolute atomic E-state index is 14.6.